The van der Waals surface area contributed by atoms with Crippen molar-refractivity contribution in [2.75, 3.05) is 18.5 Å². The average molecular weight is 422 g/mol. The van der Waals surface area contributed by atoms with Crippen LogP contribution in [0, 0.1) is 0 Å². The van der Waals surface area contributed by atoms with Crippen LogP contribution in [0.5, 0.6) is 0 Å². The van der Waals surface area contributed by atoms with Crippen LogP contribution < -0.4 is 5.32 Å². The van der Waals surface area contributed by atoms with Crippen molar-refractivity contribution in [3.63, 3.8) is 0 Å². The summed E-state index contributed by atoms with van der Waals surface area (Å²) in [5, 5.41) is 21.1. The van der Waals surface area contributed by atoms with Crippen LogP contribution in [0.3, 0.4) is 0 Å². The molecule has 2 amide bonds. The minimum absolute atomic E-state index is 0.00987. The Labute approximate surface area is 138 Å². The topological polar surface area (TPSA) is 89.9 Å². The molecule has 1 aliphatic heterocycles. The lowest BCUT2D eigenvalue weighted by atomic mass is 10.2. The highest BCUT2D eigenvalue weighted by Gasteiger charge is 2.29. The second-order valence-electron chi connectivity index (χ2n) is 4.72. The van der Waals surface area contributed by atoms with Crippen molar-refractivity contribution < 1.29 is 19.8 Å². The molecule has 6 nitrogen and oxygen atoms in total. The van der Waals surface area contributed by atoms with Gasteiger partial charge < -0.3 is 20.4 Å². The Hall–Kier alpha value is -1.12. The predicted octanol–water partition coefficient (Wildman–Crippen LogP) is 2.90. The molecule has 0 saturated carbocycles. The molecular weight excluding hydrogens is 408 g/mol. The van der Waals surface area contributed by atoms with Gasteiger partial charge in [0.1, 0.15) is 0 Å². The first-order chi connectivity index (χ1) is 9.93. The number of carbonyl (C=O) groups excluding carboxylic acids is 1. The number of amides is 2. The van der Waals surface area contributed by atoms with Crippen LogP contribution in [0.1, 0.15) is 23.2 Å². The number of aromatic carboxylic acids is 1. The Bertz CT molecular complexity index is 580. The van der Waals surface area contributed by atoms with E-state index in [1.54, 1.807) is 6.07 Å². The second kappa shape index (κ2) is 6.76. The summed E-state index contributed by atoms with van der Waals surface area (Å²) in [6.45, 7) is 0.453. The molecule has 1 aromatic carbocycles. The van der Waals surface area contributed by atoms with Gasteiger partial charge in [-0.05, 0) is 40.9 Å². The summed E-state index contributed by atoms with van der Waals surface area (Å²) in [4.78, 5) is 25.1. The van der Waals surface area contributed by atoms with Crippen molar-refractivity contribution in [3.8, 4) is 0 Å². The Balaban J connectivity index is 2.27. The molecule has 1 fully saturated rings. The van der Waals surface area contributed by atoms with E-state index in [0.717, 1.165) is 12.8 Å². The highest BCUT2D eigenvalue weighted by molar-refractivity contribution is 9.11. The Kier molecular flexibility index (Phi) is 5.23. The van der Waals surface area contributed by atoms with Gasteiger partial charge in [-0.3, -0.25) is 0 Å². The molecule has 0 spiro atoms. The number of benzene rings is 1. The van der Waals surface area contributed by atoms with Crippen molar-refractivity contribution in [3.05, 3.63) is 26.6 Å². The molecule has 1 aliphatic rings. The van der Waals surface area contributed by atoms with E-state index in [4.69, 9.17) is 0 Å². The minimum Gasteiger partial charge on any atom is -0.478 e. The average Bonchev–Trinajstić information content (AvgIpc) is 2.89. The highest BCUT2D eigenvalue weighted by atomic mass is 79.9. The Morgan fingerprint density at radius 1 is 1.38 bits per heavy atom. The van der Waals surface area contributed by atoms with E-state index in [-0.39, 0.29) is 23.9 Å². The summed E-state index contributed by atoms with van der Waals surface area (Å²) < 4.78 is 1.07. The van der Waals surface area contributed by atoms with E-state index in [2.05, 4.69) is 37.2 Å². The summed E-state index contributed by atoms with van der Waals surface area (Å²) in [6, 6.07) is 2.47. The van der Waals surface area contributed by atoms with E-state index in [1.165, 1.54) is 11.0 Å². The number of halogens is 2. The molecule has 3 N–H and O–H groups in total. The van der Waals surface area contributed by atoms with Crippen LogP contribution in [-0.2, 0) is 0 Å². The van der Waals surface area contributed by atoms with E-state index >= 15 is 0 Å². The van der Waals surface area contributed by atoms with E-state index in [1.807, 2.05) is 0 Å². The van der Waals surface area contributed by atoms with Gasteiger partial charge >= 0.3 is 12.0 Å². The summed E-state index contributed by atoms with van der Waals surface area (Å²) in [6.07, 6.45) is 1.57. The summed E-state index contributed by atoms with van der Waals surface area (Å²) >= 11 is 6.48. The maximum Gasteiger partial charge on any atom is 0.337 e. The first-order valence-electron chi connectivity index (χ1n) is 6.35. The zero-order valence-electron chi connectivity index (χ0n) is 11.0. The van der Waals surface area contributed by atoms with Crippen LogP contribution in [0.4, 0.5) is 10.5 Å². The number of likely N-dealkylation sites (tertiary alicyclic amines) is 1. The number of hydrogen-bond acceptors (Lipinski definition) is 3. The largest absolute Gasteiger partial charge is 0.478 e. The molecule has 8 heteroatoms. The van der Waals surface area contributed by atoms with Crippen molar-refractivity contribution in [1.29, 1.82) is 0 Å². The first kappa shape index (κ1) is 16.3. The van der Waals surface area contributed by atoms with Crippen LogP contribution in [0.15, 0.2) is 21.1 Å². The molecule has 1 heterocycles. The molecule has 1 unspecified atom stereocenters. The number of urea groups is 1. The van der Waals surface area contributed by atoms with Crippen molar-refractivity contribution in [1.82, 2.24) is 4.90 Å². The molecule has 1 aromatic rings. The number of aliphatic hydroxyl groups is 1. The van der Waals surface area contributed by atoms with Crippen LogP contribution in [0.2, 0.25) is 0 Å². The number of nitrogens with zero attached hydrogens (tertiary/aromatic N) is 1. The lowest BCUT2D eigenvalue weighted by molar-refractivity contribution is 0.0698. The second-order valence-corrected chi connectivity index (χ2v) is 6.49. The minimum atomic E-state index is -1.13. The fourth-order valence-corrected chi connectivity index (χ4v) is 3.67. The molecule has 1 saturated heterocycles. The van der Waals surface area contributed by atoms with Gasteiger partial charge in [-0.25, -0.2) is 9.59 Å². The number of carbonyl (C=O) groups is 2. The van der Waals surface area contributed by atoms with Crippen molar-refractivity contribution in [2.45, 2.75) is 18.9 Å². The van der Waals surface area contributed by atoms with Crippen molar-refractivity contribution in [2.24, 2.45) is 0 Å². The predicted molar refractivity (Wildman–Crippen MR) is 84.6 cm³/mol. The third kappa shape index (κ3) is 3.56. The number of aliphatic hydroxyl groups excluding tert-OH is 1. The number of nitrogens with one attached hydrogen (secondary N) is 1. The molecule has 1 atom stereocenters. The third-order valence-corrected chi connectivity index (χ3v) is 4.45. The van der Waals surface area contributed by atoms with Gasteiger partial charge in [-0.1, -0.05) is 15.9 Å². The van der Waals surface area contributed by atoms with Gasteiger partial charge in [0.15, 0.2) is 0 Å². The van der Waals surface area contributed by atoms with E-state index in [0.29, 0.717) is 15.5 Å². The fraction of sp³-hybridized carbons (Fsp3) is 0.385. The quantitative estimate of drug-likeness (QED) is 0.699. The zero-order valence-corrected chi connectivity index (χ0v) is 14.1. The lowest BCUT2D eigenvalue weighted by Gasteiger charge is -2.24. The number of carboxylic acids is 1. The highest BCUT2D eigenvalue weighted by Crippen LogP contribution is 2.31. The molecule has 21 heavy (non-hydrogen) atoms. The van der Waals surface area contributed by atoms with Gasteiger partial charge in [-0.2, -0.15) is 0 Å². The summed E-state index contributed by atoms with van der Waals surface area (Å²) in [7, 11) is 0. The summed E-state index contributed by atoms with van der Waals surface area (Å²) in [5.74, 6) is -1.13. The molecule has 0 aliphatic carbocycles. The maximum absolute atomic E-state index is 12.3. The third-order valence-electron chi connectivity index (χ3n) is 3.37. The molecule has 2 rings (SSSR count). The number of anilines is 1. The van der Waals surface area contributed by atoms with Gasteiger partial charge in [-0.15, -0.1) is 0 Å². The SMILES string of the molecule is O=C(O)c1cc(Br)cc(Br)c1NC(=O)N1CCCC1CO. The molecule has 0 radical (unpaired) electrons. The smallest absolute Gasteiger partial charge is 0.337 e. The van der Waals surface area contributed by atoms with Gasteiger partial charge in [0.25, 0.3) is 0 Å². The monoisotopic (exact) mass is 420 g/mol. The zero-order chi connectivity index (χ0) is 15.6. The lowest BCUT2D eigenvalue weighted by Crippen LogP contribution is -2.40. The van der Waals surface area contributed by atoms with Crippen LogP contribution in [-0.4, -0.2) is 46.3 Å². The number of rotatable bonds is 3. The standard InChI is InChI=1S/C13H14Br2N2O4/c14-7-4-9(12(19)20)11(10(15)5-7)16-13(21)17-3-1-2-8(17)6-18/h4-5,8,18H,1-3,6H2,(H,16,21)(H,19,20). The molecular formula is C13H14Br2N2O4. The Morgan fingerprint density at radius 2 is 2.10 bits per heavy atom. The van der Waals surface area contributed by atoms with E-state index < -0.39 is 12.0 Å². The first-order valence-corrected chi connectivity index (χ1v) is 7.93. The molecule has 0 aromatic heterocycles. The maximum atomic E-state index is 12.3. The van der Waals surface area contributed by atoms with Gasteiger partial charge in [0.2, 0.25) is 0 Å². The summed E-state index contributed by atoms with van der Waals surface area (Å²) in [5.41, 5.74) is 0.198. The number of hydrogen-bond donors (Lipinski definition) is 3. The van der Waals surface area contributed by atoms with Gasteiger partial charge in [0, 0.05) is 15.5 Å². The molecule has 0 bridgehead atoms. The Morgan fingerprint density at radius 3 is 2.71 bits per heavy atom. The normalized spacial score (nSPS) is 17.9. The fourth-order valence-electron chi connectivity index (χ4n) is 2.34. The van der Waals surface area contributed by atoms with Crippen LogP contribution in [0.25, 0.3) is 0 Å². The van der Waals surface area contributed by atoms with Crippen molar-refractivity contribution >= 4 is 49.5 Å². The van der Waals surface area contributed by atoms with Gasteiger partial charge in [0.05, 0.1) is 23.9 Å². The van der Waals surface area contributed by atoms with E-state index in [9.17, 15) is 19.8 Å². The molecule has 114 valence electrons. The van der Waals surface area contributed by atoms with Crippen LogP contribution >= 0.6 is 31.9 Å². The number of carboxylic acid groups (broad SMARTS) is 1.